The van der Waals surface area contributed by atoms with Gasteiger partial charge in [-0.15, -0.1) is 0 Å². The Morgan fingerprint density at radius 1 is 1.00 bits per heavy atom. The standard InChI is InChI=1S/C19H15NO2S/c1-11-8-15(21)19(16(22)9-11)12-6-7-14-18(10-12)23-17-5-3-2-4-13(17)20-14/h2-7,10-11H,8-9H2,1H3. The fourth-order valence-electron chi connectivity index (χ4n) is 3.11. The van der Waals surface area contributed by atoms with Crippen LogP contribution in [0.3, 0.4) is 0 Å². The number of carbonyl (C=O) groups excluding carboxylic acids is 2. The van der Waals surface area contributed by atoms with Gasteiger partial charge in [0.05, 0.1) is 16.6 Å². The van der Waals surface area contributed by atoms with Crippen LogP contribution >= 0.6 is 11.8 Å². The average Bonchev–Trinajstić information content (AvgIpc) is 2.52. The maximum atomic E-state index is 12.3. The van der Waals surface area contributed by atoms with E-state index in [0.717, 1.165) is 26.1 Å². The molecule has 4 rings (SSSR count). The number of rotatable bonds is 0. The first-order valence-corrected chi connectivity index (χ1v) is 8.50. The van der Waals surface area contributed by atoms with Crippen LogP contribution in [-0.4, -0.2) is 11.6 Å². The second kappa shape index (κ2) is 5.46. The van der Waals surface area contributed by atoms with E-state index in [1.54, 1.807) is 11.8 Å². The van der Waals surface area contributed by atoms with Crippen molar-refractivity contribution in [3.63, 3.8) is 0 Å². The Hall–Kier alpha value is -2.20. The third-order valence-corrected chi connectivity index (χ3v) is 5.31. The van der Waals surface area contributed by atoms with Crippen LogP contribution in [-0.2, 0) is 9.59 Å². The molecule has 0 N–H and O–H groups in total. The first-order chi connectivity index (χ1) is 11.1. The van der Waals surface area contributed by atoms with Crippen LogP contribution in [0.2, 0.25) is 0 Å². The molecule has 3 nitrogen and oxygen atoms in total. The molecule has 2 aromatic rings. The van der Waals surface area contributed by atoms with Crippen molar-refractivity contribution < 1.29 is 9.59 Å². The van der Waals surface area contributed by atoms with E-state index in [2.05, 4.69) is 4.99 Å². The SMILES string of the molecule is CC1CC(=O)C(=c2ccc3c(c2)Sc2ccccc2N=3)C(=O)C1. The first-order valence-electron chi connectivity index (χ1n) is 7.68. The molecule has 2 aromatic carbocycles. The van der Waals surface area contributed by atoms with Gasteiger partial charge in [-0.1, -0.05) is 36.9 Å². The summed E-state index contributed by atoms with van der Waals surface area (Å²) >= 11 is 1.63. The highest BCUT2D eigenvalue weighted by atomic mass is 32.2. The van der Waals surface area contributed by atoms with Crippen LogP contribution in [0.5, 0.6) is 0 Å². The summed E-state index contributed by atoms with van der Waals surface area (Å²) in [6, 6.07) is 13.7. The molecule has 1 aliphatic carbocycles. The second-order valence-corrected chi connectivity index (χ2v) is 7.18. The van der Waals surface area contributed by atoms with Gasteiger partial charge < -0.3 is 0 Å². The normalized spacial score (nSPS) is 19.9. The number of Topliss-reactive ketones (excluding diaryl/α,β-unsaturated/α-hetero) is 2. The lowest BCUT2D eigenvalue weighted by molar-refractivity contribution is -0.122. The molecule has 1 saturated carbocycles. The van der Waals surface area contributed by atoms with E-state index < -0.39 is 0 Å². The lowest BCUT2D eigenvalue weighted by Crippen LogP contribution is -2.29. The summed E-state index contributed by atoms with van der Waals surface area (Å²) in [7, 11) is 0. The monoisotopic (exact) mass is 321 g/mol. The van der Waals surface area contributed by atoms with Gasteiger partial charge in [-0.2, -0.15) is 0 Å². The molecule has 1 fully saturated rings. The zero-order chi connectivity index (χ0) is 16.0. The van der Waals surface area contributed by atoms with Gasteiger partial charge in [0.2, 0.25) is 0 Å². The largest absolute Gasteiger partial charge is 0.294 e. The summed E-state index contributed by atoms with van der Waals surface area (Å²) in [6.45, 7) is 1.95. The van der Waals surface area contributed by atoms with Crippen molar-refractivity contribution >= 4 is 34.6 Å². The van der Waals surface area contributed by atoms with Crippen molar-refractivity contribution in [2.24, 2.45) is 10.9 Å². The summed E-state index contributed by atoms with van der Waals surface area (Å²) in [5.41, 5.74) is 1.33. The van der Waals surface area contributed by atoms with E-state index in [4.69, 9.17) is 0 Å². The maximum absolute atomic E-state index is 12.3. The number of para-hydroxylation sites is 1. The van der Waals surface area contributed by atoms with Crippen LogP contribution in [0.15, 0.2) is 57.2 Å². The average molecular weight is 321 g/mol. The molecular formula is C19H15NO2S. The molecule has 0 saturated heterocycles. The number of hydrogen-bond acceptors (Lipinski definition) is 4. The molecule has 0 aromatic heterocycles. The predicted octanol–water partition coefficient (Wildman–Crippen LogP) is 2.82. The Labute approximate surface area is 138 Å². The Morgan fingerprint density at radius 2 is 1.74 bits per heavy atom. The van der Waals surface area contributed by atoms with Gasteiger partial charge in [0.15, 0.2) is 11.6 Å². The van der Waals surface area contributed by atoms with E-state index in [-0.39, 0.29) is 17.5 Å². The summed E-state index contributed by atoms with van der Waals surface area (Å²) < 4.78 is 0. The molecule has 23 heavy (non-hydrogen) atoms. The Balaban J connectivity index is 1.89. The zero-order valence-corrected chi connectivity index (χ0v) is 13.5. The highest BCUT2D eigenvalue weighted by molar-refractivity contribution is 7.99. The molecule has 0 bridgehead atoms. The predicted molar refractivity (Wildman–Crippen MR) is 89.3 cm³/mol. The number of ketones is 2. The summed E-state index contributed by atoms with van der Waals surface area (Å²) in [6.07, 6.45) is 0.914. The molecule has 1 heterocycles. The summed E-state index contributed by atoms with van der Waals surface area (Å²) in [4.78, 5) is 31.3. The molecule has 0 radical (unpaired) electrons. The van der Waals surface area contributed by atoms with E-state index in [1.165, 1.54) is 0 Å². The minimum absolute atomic E-state index is 0.0353. The van der Waals surface area contributed by atoms with Crippen LogP contribution < -0.4 is 10.6 Å². The quantitative estimate of drug-likeness (QED) is 0.640. The lowest BCUT2D eigenvalue weighted by Gasteiger charge is -2.18. The zero-order valence-electron chi connectivity index (χ0n) is 12.7. The smallest absolute Gasteiger partial charge is 0.167 e. The molecule has 2 aliphatic rings. The second-order valence-electron chi connectivity index (χ2n) is 6.10. The molecule has 0 atom stereocenters. The Bertz CT molecular complexity index is 942. The minimum Gasteiger partial charge on any atom is -0.294 e. The van der Waals surface area contributed by atoms with Crippen molar-refractivity contribution in [3.8, 4) is 0 Å². The van der Waals surface area contributed by atoms with Crippen molar-refractivity contribution in [2.45, 2.75) is 29.6 Å². The fourth-order valence-corrected chi connectivity index (χ4v) is 4.12. The fraction of sp³-hybridized carbons (Fsp3) is 0.211. The van der Waals surface area contributed by atoms with Gasteiger partial charge >= 0.3 is 0 Å². The third-order valence-electron chi connectivity index (χ3n) is 4.20. The van der Waals surface area contributed by atoms with Crippen molar-refractivity contribution in [3.05, 3.63) is 53.0 Å². The third kappa shape index (κ3) is 2.53. The number of fused-ring (bicyclic) bond motifs is 2. The van der Waals surface area contributed by atoms with Gasteiger partial charge in [0.25, 0.3) is 0 Å². The van der Waals surface area contributed by atoms with E-state index >= 15 is 0 Å². The lowest BCUT2D eigenvalue weighted by atomic mass is 9.84. The summed E-state index contributed by atoms with van der Waals surface area (Å²) in [5.74, 6) is 0.0753. The highest BCUT2D eigenvalue weighted by Crippen LogP contribution is 2.35. The molecule has 1 aliphatic heterocycles. The van der Waals surface area contributed by atoms with Gasteiger partial charge in [-0.05, 0) is 35.4 Å². The Morgan fingerprint density at radius 3 is 2.52 bits per heavy atom. The van der Waals surface area contributed by atoms with Gasteiger partial charge in [-0.25, -0.2) is 4.99 Å². The molecule has 0 amide bonds. The summed E-state index contributed by atoms with van der Waals surface area (Å²) in [5, 5.41) is 1.62. The minimum atomic E-state index is -0.0353. The molecule has 114 valence electrons. The van der Waals surface area contributed by atoms with Crippen LogP contribution in [0.25, 0.3) is 5.57 Å². The van der Waals surface area contributed by atoms with Gasteiger partial charge in [0.1, 0.15) is 0 Å². The molecule has 0 spiro atoms. The number of benzene rings is 2. The number of hydrogen-bond donors (Lipinski definition) is 0. The number of carbonyl (C=O) groups is 2. The van der Waals surface area contributed by atoms with Crippen molar-refractivity contribution in [1.29, 1.82) is 0 Å². The maximum Gasteiger partial charge on any atom is 0.167 e. The van der Waals surface area contributed by atoms with E-state index in [9.17, 15) is 9.59 Å². The molecular weight excluding hydrogens is 306 g/mol. The van der Waals surface area contributed by atoms with Crippen LogP contribution in [0.1, 0.15) is 19.8 Å². The van der Waals surface area contributed by atoms with Crippen LogP contribution in [0.4, 0.5) is 5.69 Å². The van der Waals surface area contributed by atoms with E-state index in [1.807, 2.05) is 49.4 Å². The van der Waals surface area contributed by atoms with Gasteiger partial charge in [0, 0.05) is 22.6 Å². The van der Waals surface area contributed by atoms with Crippen molar-refractivity contribution in [2.75, 3.05) is 0 Å². The van der Waals surface area contributed by atoms with E-state index in [0.29, 0.717) is 18.4 Å². The first kappa shape index (κ1) is 14.4. The topological polar surface area (TPSA) is 46.5 Å². The Kier molecular flexibility index (Phi) is 3.42. The highest BCUT2D eigenvalue weighted by Gasteiger charge is 2.28. The molecule has 4 heteroatoms. The van der Waals surface area contributed by atoms with Crippen molar-refractivity contribution in [1.82, 2.24) is 0 Å². The van der Waals surface area contributed by atoms with Crippen LogP contribution in [0, 0.1) is 5.92 Å². The van der Waals surface area contributed by atoms with Gasteiger partial charge in [-0.3, -0.25) is 9.59 Å². The molecule has 0 unspecified atom stereocenters. The number of nitrogens with zero attached hydrogens (tertiary/aromatic N) is 1.